The lowest BCUT2D eigenvalue weighted by Gasteiger charge is -2.48. The second-order valence-corrected chi connectivity index (χ2v) is 23.7. The fraction of sp³-hybridized carbons (Fsp3) is 0.603. The number of anilines is 3. The Hall–Kier alpha value is -5.83. The molecule has 13 rings (SSSR count). The van der Waals surface area contributed by atoms with E-state index in [1.54, 1.807) is 0 Å². The van der Waals surface area contributed by atoms with Gasteiger partial charge in [-0.3, -0.25) is 29.3 Å². The van der Waals surface area contributed by atoms with E-state index in [0.717, 1.165) is 128 Å². The Morgan fingerprint density at radius 1 is 0.740 bits per heavy atom. The molecule has 5 amide bonds. The number of piperidine rings is 5. The number of aromatic nitrogens is 3. The lowest BCUT2D eigenvalue weighted by atomic mass is 9.73. The summed E-state index contributed by atoms with van der Waals surface area (Å²) in [5.74, 6) is 0.693. The molecular weight excluding hydrogens is 917 g/mol. The van der Waals surface area contributed by atoms with Crippen molar-refractivity contribution in [3.63, 3.8) is 0 Å². The number of fused-ring (bicyclic) bond motifs is 5. The Balaban J connectivity index is 0.678. The molecule has 73 heavy (non-hydrogen) atoms. The standard InChI is InChI=1S/C58H72N10O5/c1-35(2)66-34-59-49-33-48(61-53(52(49)66)60-40-9-10-40)38-8-16-47-50(30-38)68(45-31-44(32-45)63-22-4-3-5-23-63)57(73)58(47)20-26-65(27-21-58)55(71)39-28-42-13-14-43(29-39)67(42)56(72)37-18-24-64(25-19-37)41-11-6-36(7-12-41)46-15-17-51(69)62-54(46)70/h6-8,11-12,16,30,33-35,37,39-40,42-46H,3-5,9-10,13-15,17-29,31-32H2,1-2H3,(H,60,61)(H,62,69,70)/t39?,42-,43+,44?,45?,46-/m1/s1. The normalized spacial score (nSPS) is 28.5. The maximum absolute atomic E-state index is 15.3. The van der Waals surface area contributed by atoms with E-state index in [9.17, 15) is 19.2 Å². The van der Waals surface area contributed by atoms with Crippen LogP contribution in [0.4, 0.5) is 17.2 Å². The first-order valence-corrected chi connectivity index (χ1v) is 28.2. The van der Waals surface area contributed by atoms with Crippen LogP contribution in [0.3, 0.4) is 0 Å². The molecule has 8 fully saturated rings. The number of rotatable bonds is 10. The first-order valence-electron chi connectivity index (χ1n) is 28.2. The fourth-order valence-electron chi connectivity index (χ4n) is 14.7. The van der Waals surface area contributed by atoms with Crippen LogP contribution in [0.2, 0.25) is 0 Å². The van der Waals surface area contributed by atoms with E-state index in [4.69, 9.17) is 9.97 Å². The van der Waals surface area contributed by atoms with Crippen molar-refractivity contribution in [2.45, 2.75) is 171 Å². The lowest BCUT2D eigenvalue weighted by molar-refractivity contribution is -0.148. The number of hydrogen-bond donors (Lipinski definition) is 2. The Morgan fingerprint density at radius 3 is 2.15 bits per heavy atom. The van der Waals surface area contributed by atoms with E-state index in [2.05, 4.69) is 89.9 Å². The molecule has 9 aliphatic rings. The number of pyridine rings is 1. The lowest BCUT2D eigenvalue weighted by Crippen LogP contribution is -2.59. The minimum Gasteiger partial charge on any atom is -0.371 e. The monoisotopic (exact) mass is 989 g/mol. The summed E-state index contributed by atoms with van der Waals surface area (Å²) in [5, 5.41) is 6.18. The maximum atomic E-state index is 15.3. The minimum absolute atomic E-state index is 0.0259. The Morgan fingerprint density at radius 2 is 1.47 bits per heavy atom. The predicted octanol–water partition coefficient (Wildman–Crippen LogP) is 7.68. The first kappa shape index (κ1) is 46.9. The molecule has 4 atom stereocenters. The van der Waals surface area contributed by atoms with E-state index in [1.165, 1.54) is 19.3 Å². The minimum atomic E-state index is -0.670. The average Bonchev–Trinajstić information content (AvgIpc) is 3.98. The zero-order chi connectivity index (χ0) is 49.7. The van der Waals surface area contributed by atoms with Crippen molar-refractivity contribution in [2.24, 2.45) is 11.8 Å². The summed E-state index contributed by atoms with van der Waals surface area (Å²) in [5.41, 5.74) is 7.29. The van der Waals surface area contributed by atoms with Gasteiger partial charge in [0.25, 0.3) is 0 Å². The maximum Gasteiger partial charge on any atom is 0.238 e. The molecule has 15 heteroatoms. The van der Waals surface area contributed by atoms with Gasteiger partial charge in [-0.15, -0.1) is 0 Å². The number of carbonyl (C=O) groups is 5. The molecule has 0 radical (unpaired) electrons. The third-order valence-corrected chi connectivity index (χ3v) is 19.1. The summed E-state index contributed by atoms with van der Waals surface area (Å²) in [4.78, 5) is 89.9. The number of benzene rings is 2. The van der Waals surface area contributed by atoms with Crippen molar-refractivity contribution in [2.75, 3.05) is 54.4 Å². The quantitative estimate of drug-likeness (QED) is 0.151. The van der Waals surface area contributed by atoms with Crippen LogP contribution in [0, 0.1) is 11.8 Å². The van der Waals surface area contributed by atoms with Crippen LogP contribution >= 0.6 is 0 Å². The summed E-state index contributed by atoms with van der Waals surface area (Å²) in [6.45, 7) is 9.36. The van der Waals surface area contributed by atoms with Gasteiger partial charge in [0.05, 0.1) is 28.9 Å². The number of amides is 5. The molecule has 1 spiro atoms. The van der Waals surface area contributed by atoms with Gasteiger partial charge in [0, 0.05) is 97.6 Å². The molecule has 384 valence electrons. The number of nitrogens with one attached hydrogen (secondary N) is 2. The summed E-state index contributed by atoms with van der Waals surface area (Å²) in [6, 6.07) is 18.4. The van der Waals surface area contributed by atoms with Crippen LogP contribution in [0.25, 0.3) is 22.3 Å². The SMILES string of the molecule is CC(C)n1cnc2cc(-c3ccc4c(c3)N(C3CC(N5CCCCC5)C3)C(=O)C43CCN(C(=O)C4C[C@H]5CC[C@@H](C4)N5C(=O)C4CCN(c5ccc([C@H]6CCC(=O)NC6=O)cc5)CC4)CC3)nc(NC3CC3)c21. The molecule has 2 aliphatic carbocycles. The molecule has 2 saturated carbocycles. The van der Waals surface area contributed by atoms with E-state index in [1.807, 2.05) is 18.5 Å². The summed E-state index contributed by atoms with van der Waals surface area (Å²) < 4.78 is 2.20. The molecular formula is C58H72N10O5. The molecule has 2 N–H and O–H groups in total. The number of carbonyl (C=O) groups excluding carboxylic acids is 5. The van der Waals surface area contributed by atoms with Crippen LogP contribution in [0.15, 0.2) is 54.9 Å². The van der Waals surface area contributed by atoms with Gasteiger partial charge in [-0.05, 0) is 159 Å². The smallest absolute Gasteiger partial charge is 0.238 e. The van der Waals surface area contributed by atoms with Gasteiger partial charge in [0.15, 0.2) is 5.82 Å². The Kier molecular flexibility index (Phi) is 11.9. The van der Waals surface area contributed by atoms with Crippen molar-refractivity contribution < 1.29 is 24.0 Å². The Bertz CT molecular complexity index is 2820. The van der Waals surface area contributed by atoms with Gasteiger partial charge in [0.1, 0.15) is 5.52 Å². The van der Waals surface area contributed by atoms with Crippen molar-refractivity contribution in [1.29, 1.82) is 0 Å². The topological polar surface area (TPSA) is 156 Å². The van der Waals surface area contributed by atoms with Crippen LogP contribution in [-0.4, -0.2) is 128 Å². The highest BCUT2D eigenvalue weighted by molar-refractivity contribution is 6.09. The zero-order valence-electron chi connectivity index (χ0n) is 42.8. The second kappa shape index (κ2) is 18.5. The summed E-state index contributed by atoms with van der Waals surface area (Å²) >= 11 is 0. The van der Waals surface area contributed by atoms with Crippen LogP contribution in [0.1, 0.15) is 146 Å². The average molecular weight is 989 g/mol. The molecule has 1 unspecified atom stereocenters. The van der Waals surface area contributed by atoms with E-state index in [-0.39, 0.29) is 71.5 Å². The van der Waals surface area contributed by atoms with Crippen LogP contribution in [0.5, 0.6) is 0 Å². The third kappa shape index (κ3) is 8.30. The van der Waals surface area contributed by atoms with E-state index in [0.29, 0.717) is 63.7 Å². The molecule has 15 nitrogen and oxygen atoms in total. The largest absolute Gasteiger partial charge is 0.371 e. The van der Waals surface area contributed by atoms with Crippen molar-refractivity contribution in [3.05, 3.63) is 66.0 Å². The number of likely N-dealkylation sites (tertiary alicyclic amines) is 2. The fourth-order valence-corrected chi connectivity index (χ4v) is 14.7. The highest BCUT2D eigenvalue weighted by Gasteiger charge is 2.57. The predicted molar refractivity (Wildman–Crippen MR) is 280 cm³/mol. The van der Waals surface area contributed by atoms with E-state index < -0.39 is 5.41 Å². The van der Waals surface area contributed by atoms with Crippen molar-refractivity contribution in [3.8, 4) is 11.3 Å². The van der Waals surface area contributed by atoms with Crippen LogP contribution < -0.4 is 20.4 Å². The molecule has 9 heterocycles. The summed E-state index contributed by atoms with van der Waals surface area (Å²) in [7, 11) is 0. The number of hydrogen-bond acceptors (Lipinski definition) is 10. The number of nitrogens with zero attached hydrogens (tertiary/aromatic N) is 8. The highest BCUT2D eigenvalue weighted by Crippen LogP contribution is 2.53. The highest BCUT2D eigenvalue weighted by atomic mass is 16.2. The van der Waals surface area contributed by atoms with Crippen LogP contribution in [-0.2, 0) is 29.4 Å². The van der Waals surface area contributed by atoms with Gasteiger partial charge in [-0.25, -0.2) is 9.97 Å². The number of imide groups is 1. The molecule has 6 saturated heterocycles. The van der Waals surface area contributed by atoms with Gasteiger partial charge < -0.3 is 34.4 Å². The number of imidazole rings is 1. The molecule has 2 aromatic carbocycles. The van der Waals surface area contributed by atoms with Gasteiger partial charge in [-0.1, -0.05) is 30.7 Å². The first-order chi connectivity index (χ1) is 35.5. The third-order valence-electron chi connectivity index (χ3n) is 19.1. The van der Waals surface area contributed by atoms with Crippen molar-refractivity contribution >= 4 is 57.8 Å². The molecule has 7 aliphatic heterocycles. The van der Waals surface area contributed by atoms with E-state index >= 15 is 4.79 Å². The second-order valence-electron chi connectivity index (χ2n) is 23.7. The molecule has 2 aromatic heterocycles. The van der Waals surface area contributed by atoms with Crippen molar-refractivity contribution in [1.82, 2.24) is 34.6 Å². The van der Waals surface area contributed by atoms with Gasteiger partial charge in [0.2, 0.25) is 29.5 Å². The molecule has 2 bridgehead atoms. The van der Waals surface area contributed by atoms with Gasteiger partial charge >= 0.3 is 0 Å². The Labute approximate surface area is 428 Å². The molecule has 4 aromatic rings. The van der Waals surface area contributed by atoms with Gasteiger partial charge in [-0.2, -0.15) is 0 Å². The zero-order valence-corrected chi connectivity index (χ0v) is 42.8. The summed E-state index contributed by atoms with van der Waals surface area (Å²) in [6.07, 6.45) is 17.1.